The van der Waals surface area contributed by atoms with Gasteiger partial charge in [-0.2, -0.15) is 0 Å². The van der Waals surface area contributed by atoms with E-state index < -0.39 is 58.0 Å². The van der Waals surface area contributed by atoms with Crippen molar-refractivity contribution in [2.75, 3.05) is 33.1 Å². The van der Waals surface area contributed by atoms with Gasteiger partial charge in [0.25, 0.3) is 5.91 Å². The van der Waals surface area contributed by atoms with E-state index in [4.69, 9.17) is 5.73 Å². The molecule has 2 fully saturated rings. The number of nitrogens with zero attached hydrogens (tertiary/aromatic N) is 2. The Kier molecular flexibility index (Phi) is 6.54. The molecule has 0 bridgehead atoms. The summed E-state index contributed by atoms with van der Waals surface area (Å²) < 4.78 is 0. The molecular formula is C29H37N3O7. The third-order valence-corrected chi connectivity index (χ3v) is 9.25. The minimum atomic E-state index is -2.63. The third-order valence-electron chi connectivity index (χ3n) is 9.25. The van der Waals surface area contributed by atoms with E-state index in [0.29, 0.717) is 5.56 Å². The topological polar surface area (TPSA) is 165 Å². The number of aliphatic hydroxyl groups excluding tert-OH is 2. The maximum absolute atomic E-state index is 14.1. The fraction of sp³-hybridized carbons (Fsp3) is 0.552. The average molecular weight is 540 g/mol. The average Bonchev–Trinajstić information content (AvgIpc) is 2.86. The summed E-state index contributed by atoms with van der Waals surface area (Å²) in [6.07, 6.45) is 5.39. The van der Waals surface area contributed by atoms with Gasteiger partial charge in [0.05, 0.1) is 11.6 Å². The number of hydrogen-bond donors (Lipinski definition) is 5. The molecule has 0 unspecified atom stereocenters. The van der Waals surface area contributed by atoms with Crippen molar-refractivity contribution in [3.63, 3.8) is 0 Å². The van der Waals surface area contributed by atoms with E-state index in [9.17, 15) is 34.8 Å². The predicted molar refractivity (Wildman–Crippen MR) is 144 cm³/mol. The first-order valence-corrected chi connectivity index (χ1v) is 13.5. The normalized spacial score (nSPS) is 29.3. The maximum Gasteiger partial charge on any atom is 0.255 e. The van der Waals surface area contributed by atoms with E-state index >= 15 is 0 Å². The van der Waals surface area contributed by atoms with E-state index in [2.05, 4.69) is 0 Å². The van der Waals surface area contributed by atoms with Gasteiger partial charge in [-0.05, 0) is 68.8 Å². The number of benzene rings is 1. The monoisotopic (exact) mass is 539 g/mol. The molecule has 0 aromatic heterocycles. The number of carbonyl (C=O) groups is 3. The minimum absolute atomic E-state index is 0.0732. The Balaban J connectivity index is 1.74. The van der Waals surface area contributed by atoms with Gasteiger partial charge < -0.3 is 31.1 Å². The molecule has 6 N–H and O–H groups in total. The number of amides is 1. The number of nitrogens with two attached hydrogens (primary N) is 1. The molecule has 4 aliphatic rings. The molecule has 0 spiro atoms. The number of primary amides is 1. The van der Waals surface area contributed by atoms with E-state index in [1.807, 2.05) is 25.1 Å². The van der Waals surface area contributed by atoms with Crippen molar-refractivity contribution in [2.45, 2.75) is 62.5 Å². The number of phenolic OH excluding ortho intramolecular Hbond substituents is 1. The van der Waals surface area contributed by atoms with Crippen molar-refractivity contribution in [2.24, 2.45) is 17.6 Å². The molecular weight excluding hydrogens is 502 g/mol. The van der Waals surface area contributed by atoms with Crippen LogP contribution in [0.15, 0.2) is 23.0 Å². The van der Waals surface area contributed by atoms with Crippen molar-refractivity contribution >= 4 is 28.9 Å². The number of likely N-dealkylation sites (N-methyl/N-ethyl adjacent to an activating group) is 1. The molecule has 10 nitrogen and oxygen atoms in total. The highest BCUT2D eigenvalue weighted by atomic mass is 16.3. The highest BCUT2D eigenvalue weighted by Crippen LogP contribution is 2.55. The summed E-state index contributed by atoms with van der Waals surface area (Å²) in [4.78, 5) is 42.9. The van der Waals surface area contributed by atoms with E-state index in [1.54, 1.807) is 14.1 Å². The summed E-state index contributed by atoms with van der Waals surface area (Å²) in [6, 6.07) is 0.877. The number of carbonyl (C=O) groups excluding carboxylic acids is 3. The fourth-order valence-electron chi connectivity index (χ4n) is 7.44. The van der Waals surface area contributed by atoms with Crippen LogP contribution >= 0.6 is 0 Å². The Hall–Kier alpha value is -3.37. The van der Waals surface area contributed by atoms with Crippen LogP contribution in [0.2, 0.25) is 0 Å². The van der Waals surface area contributed by atoms with Crippen LogP contribution in [0.4, 0.5) is 5.69 Å². The van der Waals surface area contributed by atoms with Crippen LogP contribution in [0.5, 0.6) is 5.75 Å². The van der Waals surface area contributed by atoms with Crippen LogP contribution in [0.1, 0.15) is 61.1 Å². The van der Waals surface area contributed by atoms with Gasteiger partial charge in [0.2, 0.25) is 5.78 Å². The van der Waals surface area contributed by atoms with Crippen molar-refractivity contribution in [1.82, 2.24) is 4.90 Å². The lowest BCUT2D eigenvalue weighted by molar-refractivity contribution is -0.153. The lowest BCUT2D eigenvalue weighted by Gasteiger charge is -2.50. The lowest BCUT2D eigenvalue weighted by atomic mass is 9.57. The second kappa shape index (κ2) is 9.38. The first-order chi connectivity index (χ1) is 18.3. The third kappa shape index (κ3) is 3.79. The summed E-state index contributed by atoms with van der Waals surface area (Å²) >= 11 is 0. The van der Waals surface area contributed by atoms with Gasteiger partial charge in [-0.1, -0.05) is 19.3 Å². The summed E-state index contributed by atoms with van der Waals surface area (Å²) in [6.45, 7) is 0. The van der Waals surface area contributed by atoms with Gasteiger partial charge in [-0.15, -0.1) is 0 Å². The van der Waals surface area contributed by atoms with E-state index in [-0.39, 0.29) is 35.6 Å². The molecule has 1 amide bonds. The molecule has 0 heterocycles. The SMILES string of the molecule is CN(C)c1cc(C2CCCCC2)c(O)c2c1C[C@H]1C[C@H]3[C@H](N(C)C)C(=O)C(C(N)=O)=C(O)[C@@]3(O)C(=O)C1=C2O. The number of aliphatic hydroxyl groups is 3. The van der Waals surface area contributed by atoms with Gasteiger partial charge in [-0.3, -0.25) is 19.3 Å². The van der Waals surface area contributed by atoms with Gasteiger partial charge >= 0.3 is 0 Å². The molecule has 10 heteroatoms. The first-order valence-electron chi connectivity index (χ1n) is 13.5. The summed E-state index contributed by atoms with van der Waals surface area (Å²) in [5, 5.41) is 45.9. The minimum Gasteiger partial charge on any atom is -0.508 e. The highest BCUT2D eigenvalue weighted by Gasteiger charge is 2.64. The zero-order valence-electron chi connectivity index (χ0n) is 22.8. The Morgan fingerprint density at radius 3 is 2.23 bits per heavy atom. The molecule has 2 saturated carbocycles. The standard InChI is InChI=1S/C29H37N3O7/c1-31(2)18-12-15(13-8-6-5-7-9-13)23(33)20-16(18)10-14-11-17-22(32(3)4)25(35)21(28(30)38)27(37)29(17,39)26(36)19(14)24(20)34/h12-14,17,22,33-34,37,39H,5-11H2,1-4H3,(H2,30,38)/t14-,17-,22-,29-/m0/s1. The van der Waals surface area contributed by atoms with Crippen molar-refractivity contribution < 1.29 is 34.8 Å². The number of phenols is 1. The number of fused-ring (bicyclic) bond motifs is 3. The van der Waals surface area contributed by atoms with E-state index in [0.717, 1.165) is 43.4 Å². The van der Waals surface area contributed by atoms with Crippen molar-refractivity contribution in [3.05, 3.63) is 39.7 Å². The maximum atomic E-state index is 14.1. The highest BCUT2D eigenvalue weighted by molar-refractivity contribution is 6.24. The Bertz CT molecular complexity index is 1340. The zero-order chi connectivity index (χ0) is 28.5. The number of Topliss-reactive ketones (excluding diaryl/α,β-unsaturated/α-hetero) is 2. The molecule has 0 radical (unpaired) electrons. The van der Waals surface area contributed by atoms with Gasteiger partial charge in [0.15, 0.2) is 11.4 Å². The number of hydrogen-bond acceptors (Lipinski definition) is 9. The Morgan fingerprint density at radius 1 is 1.03 bits per heavy atom. The van der Waals surface area contributed by atoms with Crippen LogP contribution in [-0.4, -0.2) is 82.6 Å². The van der Waals surface area contributed by atoms with Crippen molar-refractivity contribution in [3.8, 4) is 5.75 Å². The molecule has 4 atom stereocenters. The van der Waals surface area contributed by atoms with Crippen LogP contribution in [0.3, 0.4) is 0 Å². The van der Waals surface area contributed by atoms with E-state index in [1.165, 1.54) is 4.90 Å². The summed E-state index contributed by atoms with van der Waals surface area (Å²) in [5.41, 5.74) is 4.22. The van der Waals surface area contributed by atoms with Gasteiger partial charge in [0.1, 0.15) is 22.8 Å². The molecule has 1 aromatic rings. The molecule has 5 rings (SSSR count). The summed E-state index contributed by atoms with van der Waals surface area (Å²) in [5.74, 6) is -6.15. The van der Waals surface area contributed by atoms with Crippen molar-refractivity contribution in [1.29, 1.82) is 0 Å². The van der Waals surface area contributed by atoms with Crippen LogP contribution in [0, 0.1) is 11.8 Å². The molecule has 0 aliphatic heterocycles. The second-order valence-electron chi connectivity index (χ2n) is 11.9. The van der Waals surface area contributed by atoms with Crippen LogP contribution in [-0.2, 0) is 20.8 Å². The lowest BCUT2D eigenvalue weighted by Crippen LogP contribution is -2.65. The summed E-state index contributed by atoms with van der Waals surface area (Å²) in [7, 11) is 6.94. The largest absolute Gasteiger partial charge is 0.508 e. The molecule has 4 aliphatic carbocycles. The first kappa shape index (κ1) is 27.2. The smallest absolute Gasteiger partial charge is 0.255 e. The molecule has 0 saturated heterocycles. The Labute approximate surface area is 227 Å². The molecule has 210 valence electrons. The zero-order valence-corrected chi connectivity index (χ0v) is 22.8. The second-order valence-corrected chi connectivity index (χ2v) is 11.9. The Morgan fingerprint density at radius 2 is 1.67 bits per heavy atom. The number of aromatic hydroxyl groups is 1. The number of anilines is 1. The predicted octanol–water partition coefficient (Wildman–Crippen LogP) is 2.08. The van der Waals surface area contributed by atoms with Crippen LogP contribution in [0.25, 0.3) is 5.76 Å². The molecule has 39 heavy (non-hydrogen) atoms. The quantitative estimate of drug-likeness (QED) is 0.360. The number of rotatable bonds is 4. The van der Waals surface area contributed by atoms with Crippen LogP contribution < -0.4 is 10.6 Å². The van der Waals surface area contributed by atoms with Gasteiger partial charge in [-0.25, -0.2) is 0 Å². The molecule has 1 aromatic carbocycles. The fourth-order valence-corrected chi connectivity index (χ4v) is 7.44. The van der Waals surface area contributed by atoms with Gasteiger partial charge in [0, 0.05) is 31.3 Å². The number of ketones is 2.